The number of fused-ring (bicyclic) bond motifs is 1. The van der Waals surface area contributed by atoms with Gasteiger partial charge >= 0.3 is 0 Å². The molecule has 4 N–H and O–H groups in total. The summed E-state index contributed by atoms with van der Waals surface area (Å²) in [4.78, 5) is 13.8. The number of benzene rings is 2. The predicted molar refractivity (Wildman–Crippen MR) is 151 cm³/mol. The van der Waals surface area contributed by atoms with Gasteiger partial charge in [0.1, 0.15) is 5.75 Å². The first-order valence-corrected chi connectivity index (χ1v) is 13.6. The molecule has 0 amide bonds. The highest BCUT2D eigenvalue weighted by Gasteiger charge is 2.25. The van der Waals surface area contributed by atoms with Crippen LogP contribution in [0.25, 0.3) is 22.0 Å². The molecule has 1 saturated heterocycles. The number of hydrogen-bond donors (Lipinski definition) is 4. The van der Waals surface area contributed by atoms with E-state index in [1.807, 2.05) is 31.2 Å². The second-order valence-electron chi connectivity index (χ2n) is 10.3. The van der Waals surface area contributed by atoms with E-state index in [2.05, 4.69) is 50.2 Å². The molecule has 3 unspecified atom stereocenters. The number of nitrogens with one attached hydrogen (secondary N) is 3. The molecule has 8 heteroatoms. The van der Waals surface area contributed by atoms with Gasteiger partial charge in [0.05, 0.1) is 23.4 Å². The molecule has 0 spiro atoms. The minimum atomic E-state index is -0.316. The van der Waals surface area contributed by atoms with Crippen LogP contribution in [-0.2, 0) is 0 Å². The summed E-state index contributed by atoms with van der Waals surface area (Å²) in [7, 11) is 0. The van der Waals surface area contributed by atoms with E-state index in [0.717, 1.165) is 84.2 Å². The highest BCUT2D eigenvalue weighted by molar-refractivity contribution is 5.98. The van der Waals surface area contributed by atoms with Crippen LogP contribution in [-0.4, -0.2) is 51.3 Å². The van der Waals surface area contributed by atoms with E-state index in [1.165, 1.54) is 0 Å². The summed E-state index contributed by atoms with van der Waals surface area (Å²) in [6.45, 7) is 4.01. The molecule has 2 aromatic heterocycles. The van der Waals surface area contributed by atoms with E-state index in [-0.39, 0.29) is 12.1 Å². The van der Waals surface area contributed by atoms with Crippen LogP contribution in [0.2, 0.25) is 0 Å². The van der Waals surface area contributed by atoms with Gasteiger partial charge in [-0.25, -0.2) is 15.0 Å². The van der Waals surface area contributed by atoms with E-state index in [0.29, 0.717) is 17.9 Å². The number of aliphatic hydroxyl groups is 1. The molecule has 38 heavy (non-hydrogen) atoms. The molecule has 0 bridgehead atoms. The Bertz CT molecular complexity index is 1420. The first-order valence-electron chi connectivity index (χ1n) is 13.6. The predicted octanol–water partition coefficient (Wildman–Crippen LogP) is 5.28. The molecule has 0 radical (unpaired) electrons. The Morgan fingerprint density at radius 1 is 0.921 bits per heavy atom. The Morgan fingerprint density at radius 3 is 2.71 bits per heavy atom. The second kappa shape index (κ2) is 10.9. The van der Waals surface area contributed by atoms with E-state index < -0.39 is 0 Å². The fourth-order valence-corrected chi connectivity index (χ4v) is 5.51. The lowest BCUT2D eigenvalue weighted by atomic mass is 10.0. The number of hydrogen-bond acceptors (Lipinski definition) is 8. The molecule has 1 aliphatic heterocycles. The maximum absolute atomic E-state index is 10.4. The number of pyridine rings is 1. The van der Waals surface area contributed by atoms with Crippen molar-refractivity contribution >= 4 is 22.4 Å². The largest absolute Gasteiger partial charge is 0.437 e. The first kappa shape index (κ1) is 24.6. The van der Waals surface area contributed by atoms with E-state index in [4.69, 9.17) is 9.72 Å². The van der Waals surface area contributed by atoms with Crippen LogP contribution in [0.3, 0.4) is 0 Å². The number of nitrogens with zero attached hydrogens (tertiary/aromatic N) is 3. The first-order chi connectivity index (χ1) is 18.7. The van der Waals surface area contributed by atoms with E-state index >= 15 is 0 Å². The SMILES string of the molecule is Cc1ccc2c(NC3CCCC3O)cccc2c1Oc1ncccc1-c1ccnc(NC2CCCNC2)n1. The Balaban J connectivity index is 1.32. The summed E-state index contributed by atoms with van der Waals surface area (Å²) in [6, 6.07) is 16.5. The average molecular weight is 511 g/mol. The van der Waals surface area contributed by atoms with Gasteiger partial charge in [-0.2, -0.15) is 0 Å². The van der Waals surface area contributed by atoms with Crippen molar-refractivity contribution in [3.05, 3.63) is 66.5 Å². The molecule has 8 nitrogen and oxygen atoms in total. The number of rotatable bonds is 7. The number of piperidine rings is 1. The minimum absolute atomic E-state index is 0.0682. The molecule has 1 saturated carbocycles. The monoisotopic (exact) mass is 510 g/mol. The fraction of sp³-hybridized carbons (Fsp3) is 0.367. The molecular weight excluding hydrogens is 476 g/mol. The summed E-state index contributed by atoms with van der Waals surface area (Å²) in [5, 5.41) is 22.9. The fourth-order valence-electron chi connectivity index (χ4n) is 5.51. The van der Waals surface area contributed by atoms with Gasteiger partial charge in [-0.3, -0.25) is 0 Å². The molecule has 6 rings (SSSR count). The van der Waals surface area contributed by atoms with Gasteiger partial charge in [0.2, 0.25) is 11.8 Å². The van der Waals surface area contributed by atoms with Crippen molar-refractivity contribution < 1.29 is 9.84 Å². The van der Waals surface area contributed by atoms with Crippen LogP contribution in [0.1, 0.15) is 37.7 Å². The lowest BCUT2D eigenvalue weighted by Crippen LogP contribution is -2.38. The maximum Gasteiger partial charge on any atom is 0.228 e. The highest BCUT2D eigenvalue weighted by atomic mass is 16.5. The maximum atomic E-state index is 10.4. The standard InChI is InChI=1S/C30H34N6O2/c1-19-12-13-21-22(7-2-9-24(21)35-26-10-3-11-27(26)37)28(19)38-29-23(8-5-16-32-29)25-14-17-33-30(36-25)34-20-6-4-15-31-18-20/h2,5,7-9,12-14,16-17,20,26-27,31,35,37H,3-4,6,10-11,15,18H2,1H3,(H,33,34,36). The lowest BCUT2D eigenvalue weighted by molar-refractivity contribution is 0.172. The van der Waals surface area contributed by atoms with Gasteiger partial charge in [0.15, 0.2) is 0 Å². The van der Waals surface area contributed by atoms with E-state index in [1.54, 1.807) is 12.4 Å². The van der Waals surface area contributed by atoms with Crippen molar-refractivity contribution in [2.24, 2.45) is 0 Å². The van der Waals surface area contributed by atoms with Crippen molar-refractivity contribution in [2.45, 2.75) is 57.2 Å². The van der Waals surface area contributed by atoms with Crippen LogP contribution in [0.5, 0.6) is 11.6 Å². The number of aromatic nitrogens is 3. The average Bonchev–Trinajstić information content (AvgIpc) is 3.35. The third kappa shape index (κ3) is 5.14. The lowest BCUT2D eigenvalue weighted by Gasteiger charge is -2.23. The van der Waals surface area contributed by atoms with Gasteiger partial charge < -0.3 is 25.8 Å². The van der Waals surface area contributed by atoms with Crippen molar-refractivity contribution in [3.63, 3.8) is 0 Å². The molecule has 1 aliphatic carbocycles. The van der Waals surface area contributed by atoms with Crippen molar-refractivity contribution in [1.29, 1.82) is 0 Å². The zero-order valence-electron chi connectivity index (χ0n) is 21.7. The topological polar surface area (TPSA) is 104 Å². The van der Waals surface area contributed by atoms with Crippen LogP contribution >= 0.6 is 0 Å². The van der Waals surface area contributed by atoms with Gasteiger partial charge in [-0.05, 0) is 75.4 Å². The third-order valence-electron chi connectivity index (χ3n) is 7.56. The molecule has 4 aromatic rings. The Kier molecular flexibility index (Phi) is 7.07. The van der Waals surface area contributed by atoms with Crippen molar-refractivity contribution in [3.8, 4) is 22.9 Å². The summed E-state index contributed by atoms with van der Waals surface area (Å²) in [6.07, 6.45) is 8.28. The minimum Gasteiger partial charge on any atom is -0.437 e. The third-order valence-corrected chi connectivity index (χ3v) is 7.56. The summed E-state index contributed by atoms with van der Waals surface area (Å²) in [5.41, 5.74) is 3.58. The summed E-state index contributed by atoms with van der Waals surface area (Å²) >= 11 is 0. The van der Waals surface area contributed by atoms with Crippen molar-refractivity contribution in [2.75, 3.05) is 23.7 Å². The Labute approximate surface area is 222 Å². The summed E-state index contributed by atoms with van der Waals surface area (Å²) < 4.78 is 6.56. The molecule has 196 valence electrons. The second-order valence-corrected chi connectivity index (χ2v) is 10.3. The van der Waals surface area contributed by atoms with Crippen LogP contribution in [0, 0.1) is 6.92 Å². The Morgan fingerprint density at radius 2 is 1.87 bits per heavy atom. The van der Waals surface area contributed by atoms with Crippen LogP contribution in [0.4, 0.5) is 11.6 Å². The van der Waals surface area contributed by atoms with Crippen LogP contribution in [0.15, 0.2) is 60.9 Å². The zero-order chi connectivity index (χ0) is 25.9. The van der Waals surface area contributed by atoms with Gasteiger partial charge in [0, 0.05) is 41.4 Å². The number of ether oxygens (including phenoxy) is 1. The van der Waals surface area contributed by atoms with Crippen molar-refractivity contribution in [1.82, 2.24) is 20.3 Å². The normalized spacial score (nSPS) is 21.4. The number of anilines is 2. The van der Waals surface area contributed by atoms with Crippen LogP contribution < -0.4 is 20.7 Å². The zero-order valence-corrected chi connectivity index (χ0v) is 21.7. The highest BCUT2D eigenvalue weighted by Crippen LogP contribution is 2.39. The number of aliphatic hydroxyl groups excluding tert-OH is 1. The molecule has 3 atom stereocenters. The quantitative estimate of drug-likeness (QED) is 0.266. The smallest absolute Gasteiger partial charge is 0.228 e. The molecule has 2 fully saturated rings. The van der Waals surface area contributed by atoms with E-state index in [9.17, 15) is 5.11 Å². The summed E-state index contributed by atoms with van der Waals surface area (Å²) in [5.74, 6) is 1.87. The Hall–Kier alpha value is -3.75. The van der Waals surface area contributed by atoms with Gasteiger partial charge in [-0.15, -0.1) is 0 Å². The number of aryl methyl sites for hydroxylation is 1. The molecular formula is C30H34N6O2. The van der Waals surface area contributed by atoms with Gasteiger partial charge in [0.25, 0.3) is 0 Å². The molecule has 2 aliphatic rings. The molecule has 2 aromatic carbocycles. The van der Waals surface area contributed by atoms with Gasteiger partial charge in [-0.1, -0.05) is 24.3 Å². The molecule has 3 heterocycles.